The van der Waals surface area contributed by atoms with Crippen molar-refractivity contribution in [1.82, 2.24) is 0 Å². The first-order valence-corrected chi connectivity index (χ1v) is 9.89. The minimum absolute atomic E-state index is 0.0386. The highest BCUT2D eigenvalue weighted by Gasteiger charge is 2.64. The minimum Gasteiger partial charge on any atom is -0.393 e. The summed E-state index contributed by atoms with van der Waals surface area (Å²) < 4.78 is 0. The fourth-order valence-corrected chi connectivity index (χ4v) is 7.18. The van der Waals surface area contributed by atoms with E-state index in [1.165, 1.54) is 0 Å². The fourth-order valence-electron chi connectivity index (χ4n) is 7.18. The molecule has 5 nitrogen and oxygen atoms in total. The number of ketones is 2. The Balaban J connectivity index is 1.74. The molecule has 3 saturated carbocycles. The number of aliphatic hydroxyl groups excluding tert-OH is 2. The summed E-state index contributed by atoms with van der Waals surface area (Å²) in [7, 11) is 0. The van der Waals surface area contributed by atoms with Crippen LogP contribution in [0.4, 0.5) is 0 Å². The zero-order valence-electron chi connectivity index (χ0n) is 15.3. The van der Waals surface area contributed by atoms with E-state index in [1.807, 2.05) is 0 Å². The Labute approximate surface area is 153 Å². The van der Waals surface area contributed by atoms with Crippen molar-refractivity contribution < 1.29 is 24.6 Å². The van der Waals surface area contributed by atoms with Gasteiger partial charge in [0.25, 0.3) is 0 Å². The molecule has 0 aliphatic heterocycles. The molecule has 0 unspecified atom stereocenters. The molecule has 0 aromatic rings. The highest BCUT2D eigenvalue weighted by Crippen LogP contribution is 2.66. The van der Waals surface area contributed by atoms with Gasteiger partial charge < -0.3 is 15.0 Å². The lowest BCUT2D eigenvalue weighted by atomic mass is 9.47. The number of carbonyl (C=O) groups excluding carboxylic acids is 3. The second kappa shape index (κ2) is 6.10. The summed E-state index contributed by atoms with van der Waals surface area (Å²) in [5, 5.41) is 20.5. The average molecular weight is 363 g/mol. The molecule has 0 radical (unpaired) electrons. The minimum atomic E-state index is -0.831. The van der Waals surface area contributed by atoms with E-state index in [0.29, 0.717) is 19.3 Å². The second-order valence-corrected chi connectivity index (χ2v) is 9.14. The van der Waals surface area contributed by atoms with Crippen molar-refractivity contribution in [3.63, 3.8) is 0 Å². The summed E-state index contributed by atoms with van der Waals surface area (Å²) in [6.07, 6.45) is 6.75. The van der Waals surface area contributed by atoms with E-state index in [-0.39, 0.29) is 34.7 Å². The van der Waals surface area contributed by atoms with E-state index >= 15 is 0 Å². The molecule has 4 aliphatic carbocycles. The van der Waals surface area contributed by atoms with Gasteiger partial charge >= 0.3 is 0 Å². The van der Waals surface area contributed by atoms with Crippen molar-refractivity contribution in [3.8, 4) is 0 Å². The number of carbonyl (C=O) groups is 3. The van der Waals surface area contributed by atoms with Crippen molar-refractivity contribution in [1.29, 1.82) is 0 Å². The van der Waals surface area contributed by atoms with Gasteiger partial charge in [-0.3, -0.25) is 9.59 Å². The number of hydrogen-bond acceptors (Lipinski definition) is 5. The molecule has 0 saturated heterocycles. The molecule has 4 aliphatic rings. The van der Waals surface area contributed by atoms with E-state index in [1.54, 1.807) is 6.08 Å². The molecule has 4 rings (SSSR count). The number of hydrogen-bond donors (Lipinski definition) is 2. The standard InChI is InChI=1S/C21H28O5/c1-20-7-6-13(24)8-12(20)2-3-14-15-4-5-16(18(26)10-22)21(15,11-23)9-17(25)19(14)20/h8,11,14-17,19,22,25H,2-7,9-10H2,1H3/t14-,15-,16+,17-,19+,20-,21+/m0/s1/i6+1,8+1,13+1. The van der Waals surface area contributed by atoms with E-state index in [2.05, 4.69) is 6.92 Å². The summed E-state index contributed by atoms with van der Waals surface area (Å²) >= 11 is 0. The monoisotopic (exact) mass is 363 g/mol. The first kappa shape index (κ1) is 18.1. The van der Waals surface area contributed by atoms with Crippen LogP contribution in [-0.4, -0.2) is 40.8 Å². The Bertz CT molecular complexity index is 682. The highest BCUT2D eigenvalue weighted by molar-refractivity contribution is 5.91. The third kappa shape index (κ3) is 2.26. The van der Waals surface area contributed by atoms with Gasteiger partial charge in [-0.25, -0.2) is 0 Å². The number of aldehydes is 1. The van der Waals surface area contributed by atoms with Crippen LogP contribution in [0.3, 0.4) is 0 Å². The molecule has 7 atom stereocenters. The molecule has 0 aromatic carbocycles. The van der Waals surface area contributed by atoms with Gasteiger partial charge in [0.05, 0.1) is 6.10 Å². The van der Waals surface area contributed by atoms with Gasteiger partial charge in [-0.1, -0.05) is 12.5 Å². The van der Waals surface area contributed by atoms with Crippen LogP contribution in [0.15, 0.2) is 11.6 Å². The normalized spacial score (nSPS) is 47.4. The Morgan fingerprint density at radius 3 is 2.77 bits per heavy atom. The number of aliphatic hydroxyl groups is 2. The molecule has 0 amide bonds. The predicted octanol–water partition coefficient (Wildman–Crippen LogP) is 1.85. The van der Waals surface area contributed by atoms with Gasteiger partial charge in [-0.15, -0.1) is 0 Å². The maximum atomic E-state index is 12.3. The lowest BCUT2D eigenvalue weighted by Crippen LogP contribution is -2.58. The Hall–Kier alpha value is -1.33. The molecule has 142 valence electrons. The van der Waals surface area contributed by atoms with E-state index in [4.69, 9.17) is 0 Å². The SMILES string of the molecule is C[C@]12C[13CH2][13C](=O)[13CH]=C1CC[C@@H]1[C@@H]2[C@@H](O)C[C@]2(C=O)[C@@H](C(=O)CO)CC[C@@H]12. The Morgan fingerprint density at radius 1 is 1.31 bits per heavy atom. The maximum Gasteiger partial charge on any atom is 0.162 e. The second-order valence-electron chi connectivity index (χ2n) is 9.14. The topological polar surface area (TPSA) is 91.7 Å². The van der Waals surface area contributed by atoms with E-state index < -0.39 is 24.0 Å². The molecular formula is C21H28O5. The van der Waals surface area contributed by atoms with Crippen molar-refractivity contribution in [2.45, 2.75) is 58.0 Å². The molecule has 0 spiro atoms. The zero-order valence-corrected chi connectivity index (χ0v) is 15.3. The molecule has 0 bridgehead atoms. The summed E-state index contributed by atoms with van der Waals surface area (Å²) in [6.45, 7) is 1.63. The predicted molar refractivity (Wildman–Crippen MR) is 94.1 cm³/mol. The molecule has 0 heterocycles. The van der Waals surface area contributed by atoms with Crippen LogP contribution in [0.5, 0.6) is 0 Å². The largest absolute Gasteiger partial charge is 0.393 e. The number of rotatable bonds is 3. The van der Waals surface area contributed by atoms with Crippen LogP contribution in [0, 0.1) is 34.5 Å². The van der Waals surface area contributed by atoms with Gasteiger partial charge in [0, 0.05) is 17.8 Å². The third-order valence-electron chi connectivity index (χ3n) is 8.27. The van der Waals surface area contributed by atoms with Gasteiger partial charge in [-0.2, -0.15) is 0 Å². The molecule has 5 heteroatoms. The number of Topliss-reactive ketones (excluding diaryl/α,β-unsaturated/α-hetero) is 1. The number of fused-ring (bicyclic) bond motifs is 5. The zero-order chi connectivity index (χ0) is 18.7. The van der Waals surface area contributed by atoms with Gasteiger partial charge in [-0.05, 0) is 67.8 Å². The molecule has 3 fully saturated rings. The number of allylic oxidation sites excluding steroid dienone is 1. The van der Waals surface area contributed by atoms with Crippen LogP contribution in [0.1, 0.15) is 51.9 Å². The maximum absolute atomic E-state index is 12.3. The average Bonchev–Trinajstić information content (AvgIpc) is 3.00. The lowest BCUT2D eigenvalue weighted by molar-refractivity contribution is -0.157. The fraction of sp³-hybridized carbons (Fsp3) is 0.762. The molecule has 0 aromatic heterocycles. The summed E-state index contributed by atoms with van der Waals surface area (Å²) in [5.41, 5.74) is 0.140. The van der Waals surface area contributed by atoms with Gasteiger partial charge in [0.15, 0.2) is 11.6 Å². The summed E-state index contributed by atoms with van der Waals surface area (Å²) in [4.78, 5) is 36.4. The first-order valence-electron chi connectivity index (χ1n) is 9.89. The van der Waals surface area contributed by atoms with Crippen molar-refractivity contribution >= 4 is 17.9 Å². The van der Waals surface area contributed by atoms with Crippen LogP contribution >= 0.6 is 0 Å². The van der Waals surface area contributed by atoms with E-state index in [9.17, 15) is 24.6 Å². The van der Waals surface area contributed by atoms with Crippen LogP contribution < -0.4 is 0 Å². The van der Waals surface area contributed by atoms with Crippen molar-refractivity contribution in [3.05, 3.63) is 11.6 Å². The van der Waals surface area contributed by atoms with Gasteiger partial charge in [0.1, 0.15) is 12.9 Å². The van der Waals surface area contributed by atoms with Gasteiger partial charge in [0.2, 0.25) is 0 Å². The Kier molecular flexibility index (Phi) is 4.23. The quantitative estimate of drug-likeness (QED) is 0.590. The molecule has 2 N–H and O–H groups in total. The van der Waals surface area contributed by atoms with Crippen molar-refractivity contribution in [2.75, 3.05) is 6.61 Å². The lowest BCUT2D eigenvalue weighted by Gasteiger charge is -2.59. The van der Waals surface area contributed by atoms with Crippen LogP contribution in [0.2, 0.25) is 0 Å². The highest BCUT2D eigenvalue weighted by atomic mass is 16.3. The van der Waals surface area contributed by atoms with Crippen molar-refractivity contribution in [2.24, 2.45) is 34.5 Å². The van der Waals surface area contributed by atoms with Crippen LogP contribution in [-0.2, 0) is 14.4 Å². The molecular weight excluding hydrogens is 335 g/mol. The smallest absolute Gasteiger partial charge is 0.162 e. The third-order valence-corrected chi connectivity index (χ3v) is 8.27. The van der Waals surface area contributed by atoms with E-state index in [0.717, 1.165) is 37.5 Å². The van der Waals surface area contributed by atoms with Crippen LogP contribution in [0.25, 0.3) is 0 Å². The summed E-state index contributed by atoms with van der Waals surface area (Å²) in [6, 6.07) is 0. The molecule has 26 heavy (non-hydrogen) atoms. The Morgan fingerprint density at radius 2 is 2.08 bits per heavy atom. The summed E-state index contributed by atoms with van der Waals surface area (Å²) in [5.74, 6) is -0.241. The first-order chi connectivity index (χ1) is 12.4.